The third-order valence-electron chi connectivity index (χ3n) is 5.23. The molecule has 0 aliphatic carbocycles. The van der Waals surface area contributed by atoms with E-state index in [1.54, 1.807) is 18.2 Å². The highest BCUT2D eigenvalue weighted by molar-refractivity contribution is 7.89. The van der Waals surface area contributed by atoms with E-state index in [0.717, 1.165) is 18.4 Å². The first-order valence-corrected chi connectivity index (χ1v) is 12.4. The van der Waals surface area contributed by atoms with Gasteiger partial charge in [-0.05, 0) is 31.0 Å². The summed E-state index contributed by atoms with van der Waals surface area (Å²) >= 11 is 1.23. The lowest BCUT2D eigenvalue weighted by molar-refractivity contribution is 0.102. The Morgan fingerprint density at radius 2 is 1.72 bits per heavy atom. The van der Waals surface area contributed by atoms with Gasteiger partial charge in [0.05, 0.1) is 20.7 Å². The maximum absolute atomic E-state index is 12.8. The molecule has 8 nitrogen and oxygen atoms in total. The molecule has 0 saturated carbocycles. The average molecular weight is 466 g/mol. The number of sulfonamides is 1. The zero-order chi connectivity index (χ0) is 22.1. The Balaban J connectivity index is 1.34. The molecule has 0 spiro atoms. The van der Waals surface area contributed by atoms with E-state index in [1.807, 2.05) is 30.3 Å². The Kier molecular flexibility index (Phi) is 5.41. The quantitative estimate of drug-likeness (QED) is 0.481. The zero-order valence-electron chi connectivity index (χ0n) is 16.9. The van der Waals surface area contributed by atoms with Gasteiger partial charge in [-0.15, -0.1) is 0 Å². The van der Waals surface area contributed by atoms with Crippen LogP contribution in [0, 0.1) is 0 Å². The van der Waals surface area contributed by atoms with Gasteiger partial charge in [0.2, 0.25) is 10.0 Å². The molecule has 1 N–H and O–H groups in total. The molecule has 2 aromatic carbocycles. The lowest BCUT2D eigenvalue weighted by Crippen LogP contribution is -2.27. The van der Waals surface area contributed by atoms with Crippen molar-refractivity contribution in [2.45, 2.75) is 17.7 Å². The summed E-state index contributed by atoms with van der Waals surface area (Å²) in [6.45, 7) is 1.10. The van der Waals surface area contributed by atoms with E-state index < -0.39 is 10.0 Å². The van der Waals surface area contributed by atoms with Crippen molar-refractivity contribution in [3.63, 3.8) is 0 Å². The second kappa shape index (κ2) is 8.38. The predicted molar refractivity (Wildman–Crippen MR) is 123 cm³/mol. The van der Waals surface area contributed by atoms with Gasteiger partial charge in [-0.2, -0.15) is 4.31 Å². The van der Waals surface area contributed by atoms with Crippen molar-refractivity contribution in [1.82, 2.24) is 19.3 Å². The summed E-state index contributed by atoms with van der Waals surface area (Å²) in [5.41, 5.74) is 1.80. The van der Waals surface area contributed by atoms with Gasteiger partial charge in [0, 0.05) is 31.0 Å². The predicted octanol–water partition coefficient (Wildman–Crippen LogP) is 3.79. The van der Waals surface area contributed by atoms with E-state index in [9.17, 15) is 13.2 Å². The Hall–Kier alpha value is -3.21. The van der Waals surface area contributed by atoms with Crippen LogP contribution in [0.4, 0.5) is 5.13 Å². The van der Waals surface area contributed by atoms with E-state index >= 15 is 0 Å². The topological polar surface area (TPSA) is 105 Å². The summed E-state index contributed by atoms with van der Waals surface area (Å²) in [4.78, 5) is 25.8. The summed E-state index contributed by atoms with van der Waals surface area (Å²) in [5.74, 6) is 0.155. The van der Waals surface area contributed by atoms with Crippen LogP contribution in [0.25, 0.3) is 21.6 Å². The van der Waals surface area contributed by atoms with Crippen molar-refractivity contribution in [3.05, 3.63) is 66.5 Å². The molecular weight excluding hydrogens is 446 g/mol. The maximum atomic E-state index is 12.8. The summed E-state index contributed by atoms with van der Waals surface area (Å²) in [6.07, 6.45) is 4.71. The van der Waals surface area contributed by atoms with Crippen LogP contribution in [0.3, 0.4) is 0 Å². The monoisotopic (exact) mass is 465 g/mol. The van der Waals surface area contributed by atoms with Crippen molar-refractivity contribution < 1.29 is 13.2 Å². The number of rotatable bonds is 5. The van der Waals surface area contributed by atoms with Gasteiger partial charge in [-0.1, -0.05) is 41.7 Å². The van der Waals surface area contributed by atoms with Crippen LogP contribution in [-0.2, 0) is 10.0 Å². The minimum atomic E-state index is -3.51. The molecule has 4 aromatic rings. The summed E-state index contributed by atoms with van der Waals surface area (Å²) in [5, 5.41) is 3.13. The first-order chi connectivity index (χ1) is 15.5. The average Bonchev–Trinajstić information content (AvgIpc) is 3.49. The van der Waals surface area contributed by atoms with Crippen molar-refractivity contribution in [2.24, 2.45) is 0 Å². The smallest absolute Gasteiger partial charge is 0.260 e. The Labute approximate surface area is 189 Å². The summed E-state index contributed by atoms with van der Waals surface area (Å²) < 4.78 is 27.8. The molecule has 162 valence electrons. The van der Waals surface area contributed by atoms with E-state index in [-0.39, 0.29) is 10.8 Å². The number of hydrogen-bond acceptors (Lipinski definition) is 7. The second-order valence-electron chi connectivity index (χ2n) is 7.38. The molecule has 1 amide bonds. The molecule has 32 heavy (non-hydrogen) atoms. The number of carbonyl (C=O) groups is 1. The molecule has 1 aliphatic heterocycles. The highest BCUT2D eigenvalue weighted by Gasteiger charge is 2.27. The fourth-order valence-electron chi connectivity index (χ4n) is 3.55. The molecule has 5 rings (SSSR count). The van der Waals surface area contributed by atoms with Crippen LogP contribution in [0.5, 0.6) is 0 Å². The highest BCUT2D eigenvalue weighted by Crippen LogP contribution is 2.30. The number of hydrogen-bond donors (Lipinski definition) is 1. The Bertz CT molecular complexity index is 1380. The molecule has 1 aliphatic rings. The lowest BCUT2D eigenvalue weighted by Gasteiger charge is -2.15. The van der Waals surface area contributed by atoms with Gasteiger partial charge in [-0.3, -0.25) is 10.1 Å². The van der Waals surface area contributed by atoms with Gasteiger partial charge in [-0.25, -0.2) is 23.4 Å². The van der Waals surface area contributed by atoms with Crippen LogP contribution >= 0.6 is 11.3 Å². The first-order valence-electron chi connectivity index (χ1n) is 10.1. The second-order valence-corrected chi connectivity index (χ2v) is 10.3. The number of aromatic nitrogens is 3. The van der Waals surface area contributed by atoms with Gasteiger partial charge in [0.25, 0.3) is 5.91 Å². The first kappa shape index (κ1) is 20.7. The summed E-state index contributed by atoms with van der Waals surface area (Å²) in [7, 11) is -3.51. The number of amides is 1. The minimum Gasteiger partial charge on any atom is -0.298 e. The third-order valence-corrected chi connectivity index (χ3v) is 8.06. The van der Waals surface area contributed by atoms with E-state index in [0.29, 0.717) is 39.8 Å². The van der Waals surface area contributed by atoms with Gasteiger partial charge >= 0.3 is 0 Å². The highest BCUT2D eigenvalue weighted by atomic mass is 32.2. The van der Waals surface area contributed by atoms with Crippen LogP contribution in [0.2, 0.25) is 0 Å². The molecule has 2 aromatic heterocycles. The molecule has 10 heteroatoms. The molecule has 1 fully saturated rings. The molecule has 0 bridgehead atoms. The molecule has 0 unspecified atom stereocenters. The SMILES string of the molecule is O=C(Nc1nc2ccc(S(=O)(=O)N3CCCC3)cc2s1)c1cnc(-c2ccccc2)nc1. The minimum absolute atomic E-state index is 0.248. The fourth-order valence-corrected chi connectivity index (χ4v) is 6.07. The fraction of sp³-hybridized carbons (Fsp3) is 0.182. The van der Waals surface area contributed by atoms with Crippen molar-refractivity contribution >= 4 is 42.6 Å². The number of fused-ring (bicyclic) bond motifs is 1. The molecule has 0 radical (unpaired) electrons. The van der Waals surface area contributed by atoms with Crippen molar-refractivity contribution in [2.75, 3.05) is 18.4 Å². The Morgan fingerprint density at radius 1 is 1.00 bits per heavy atom. The van der Waals surface area contributed by atoms with Crippen LogP contribution < -0.4 is 5.32 Å². The van der Waals surface area contributed by atoms with Crippen molar-refractivity contribution in [3.8, 4) is 11.4 Å². The number of carbonyl (C=O) groups excluding carboxylic acids is 1. The number of benzene rings is 2. The van der Waals surface area contributed by atoms with Crippen molar-refractivity contribution in [1.29, 1.82) is 0 Å². The Morgan fingerprint density at radius 3 is 2.44 bits per heavy atom. The van der Waals surface area contributed by atoms with E-state index in [2.05, 4.69) is 20.3 Å². The van der Waals surface area contributed by atoms with Gasteiger partial charge in [0.1, 0.15) is 0 Å². The molecule has 1 saturated heterocycles. The van der Waals surface area contributed by atoms with Gasteiger partial charge in [0.15, 0.2) is 11.0 Å². The largest absolute Gasteiger partial charge is 0.298 e. The van der Waals surface area contributed by atoms with Gasteiger partial charge < -0.3 is 0 Å². The lowest BCUT2D eigenvalue weighted by atomic mass is 10.2. The van der Waals surface area contributed by atoms with E-state index in [1.165, 1.54) is 28.0 Å². The number of nitrogens with one attached hydrogen (secondary N) is 1. The summed E-state index contributed by atoms with van der Waals surface area (Å²) in [6, 6.07) is 14.4. The number of anilines is 1. The third kappa shape index (κ3) is 3.99. The standard InChI is InChI=1S/C22H19N5O3S2/c28-21(16-13-23-20(24-14-16)15-6-2-1-3-7-15)26-22-25-18-9-8-17(12-19(18)31-22)32(29,30)27-10-4-5-11-27/h1-3,6-9,12-14H,4-5,10-11H2,(H,25,26,28). The van der Waals surface area contributed by atoms with Crippen LogP contribution in [0.15, 0.2) is 65.8 Å². The zero-order valence-corrected chi connectivity index (χ0v) is 18.6. The molecular formula is C22H19N5O3S2. The van der Waals surface area contributed by atoms with Crippen LogP contribution in [-0.4, -0.2) is 46.7 Å². The van der Waals surface area contributed by atoms with Crippen LogP contribution in [0.1, 0.15) is 23.2 Å². The normalized spacial score (nSPS) is 14.6. The van der Waals surface area contributed by atoms with E-state index in [4.69, 9.17) is 0 Å². The molecule has 3 heterocycles. The number of nitrogens with zero attached hydrogens (tertiary/aromatic N) is 4. The number of thiazole rings is 1. The maximum Gasteiger partial charge on any atom is 0.260 e. The molecule has 0 atom stereocenters.